The minimum Gasteiger partial charge on any atom is -0.298 e. The van der Waals surface area contributed by atoms with E-state index < -0.39 is 0 Å². The Balaban J connectivity index is 1.62. The van der Waals surface area contributed by atoms with Gasteiger partial charge in [-0.1, -0.05) is 99.3 Å². The molecule has 0 N–H and O–H groups in total. The smallest absolute Gasteiger partial charge is 0.269 e. The second-order valence-electron chi connectivity index (χ2n) is 8.92. The third-order valence-electron chi connectivity index (χ3n) is 5.42. The number of rotatable bonds is 7. The van der Waals surface area contributed by atoms with Crippen LogP contribution in [0.2, 0.25) is 0 Å². The molecule has 6 nitrogen and oxygen atoms in total. The predicted octanol–water partition coefficient (Wildman–Crippen LogP) is 6.49. The molecule has 7 heteroatoms. The molecule has 1 heterocycles. The first-order valence-corrected chi connectivity index (χ1v) is 11.7. The van der Waals surface area contributed by atoms with Crippen LogP contribution >= 0.6 is 11.8 Å². The quantitative estimate of drug-likeness (QED) is 0.180. The van der Waals surface area contributed by atoms with Crippen molar-refractivity contribution in [3.8, 4) is 11.4 Å². The van der Waals surface area contributed by atoms with Crippen molar-refractivity contribution >= 4 is 17.4 Å². The molecule has 1 aromatic heterocycles. The van der Waals surface area contributed by atoms with Gasteiger partial charge in [0.1, 0.15) is 0 Å². The summed E-state index contributed by atoms with van der Waals surface area (Å²) in [5.74, 6) is 1.47. The molecule has 0 atom stereocenters. The lowest BCUT2D eigenvalue weighted by Crippen LogP contribution is -2.10. The average Bonchev–Trinajstić information content (AvgIpc) is 3.20. The summed E-state index contributed by atoms with van der Waals surface area (Å²) in [6.45, 7) is 7.26. The zero-order chi connectivity index (χ0) is 23.4. The van der Waals surface area contributed by atoms with Crippen LogP contribution in [0, 0.1) is 10.1 Å². The van der Waals surface area contributed by atoms with Gasteiger partial charge < -0.3 is 0 Å². The molecule has 0 radical (unpaired) electrons. The van der Waals surface area contributed by atoms with Crippen molar-refractivity contribution in [2.45, 2.75) is 43.6 Å². The second-order valence-corrected chi connectivity index (χ2v) is 9.86. The van der Waals surface area contributed by atoms with E-state index in [0.29, 0.717) is 12.3 Å². The normalized spacial score (nSPS) is 11.5. The van der Waals surface area contributed by atoms with E-state index in [2.05, 4.69) is 71.9 Å². The van der Waals surface area contributed by atoms with Crippen molar-refractivity contribution in [2.75, 3.05) is 0 Å². The fraction of sp³-hybridized carbons (Fsp3) is 0.231. The Hall–Kier alpha value is -3.45. The fourth-order valence-electron chi connectivity index (χ4n) is 3.50. The van der Waals surface area contributed by atoms with E-state index in [1.54, 1.807) is 23.9 Å². The van der Waals surface area contributed by atoms with Crippen LogP contribution in [0.3, 0.4) is 0 Å². The molecule has 0 unspecified atom stereocenters. The molecule has 168 valence electrons. The highest BCUT2D eigenvalue weighted by molar-refractivity contribution is 7.98. The lowest BCUT2D eigenvalue weighted by Gasteiger charge is -2.19. The van der Waals surface area contributed by atoms with E-state index in [4.69, 9.17) is 0 Å². The van der Waals surface area contributed by atoms with Gasteiger partial charge in [0.2, 0.25) is 0 Å². The van der Waals surface area contributed by atoms with Crippen molar-refractivity contribution < 1.29 is 4.92 Å². The summed E-state index contributed by atoms with van der Waals surface area (Å²) in [5.41, 5.74) is 4.64. The minimum atomic E-state index is -0.384. The van der Waals surface area contributed by atoms with Crippen LogP contribution in [0.4, 0.5) is 5.69 Å². The molecule has 0 aliphatic carbocycles. The molecule has 0 fully saturated rings. The number of nitro benzene ring substituents is 1. The molecular weight excluding hydrogens is 432 g/mol. The summed E-state index contributed by atoms with van der Waals surface area (Å²) >= 11 is 1.58. The maximum Gasteiger partial charge on any atom is 0.269 e. The van der Waals surface area contributed by atoms with Gasteiger partial charge in [0.15, 0.2) is 11.0 Å². The van der Waals surface area contributed by atoms with Gasteiger partial charge in [-0.25, -0.2) is 0 Å². The highest BCUT2D eigenvalue weighted by Crippen LogP contribution is 2.30. The highest BCUT2D eigenvalue weighted by atomic mass is 32.2. The Morgan fingerprint density at radius 3 is 2.15 bits per heavy atom. The van der Waals surface area contributed by atoms with E-state index >= 15 is 0 Å². The summed E-state index contributed by atoms with van der Waals surface area (Å²) in [6, 6.07) is 25.4. The first kappa shape index (κ1) is 22.7. The molecule has 4 rings (SSSR count). The van der Waals surface area contributed by atoms with Gasteiger partial charge in [-0.15, -0.1) is 10.2 Å². The number of nitro groups is 1. The fourth-order valence-corrected chi connectivity index (χ4v) is 4.39. The van der Waals surface area contributed by atoms with Gasteiger partial charge in [-0.05, 0) is 22.1 Å². The highest BCUT2D eigenvalue weighted by Gasteiger charge is 2.18. The Labute approximate surface area is 197 Å². The molecule has 4 aromatic rings. The maximum atomic E-state index is 10.9. The predicted molar refractivity (Wildman–Crippen MR) is 132 cm³/mol. The molecule has 0 aliphatic heterocycles. The first-order chi connectivity index (χ1) is 15.8. The summed E-state index contributed by atoms with van der Waals surface area (Å²) in [7, 11) is 0. The van der Waals surface area contributed by atoms with Crippen molar-refractivity contribution in [1.29, 1.82) is 0 Å². The van der Waals surface area contributed by atoms with Crippen molar-refractivity contribution in [3.63, 3.8) is 0 Å². The summed E-state index contributed by atoms with van der Waals surface area (Å²) in [5, 5.41) is 20.7. The average molecular weight is 459 g/mol. The van der Waals surface area contributed by atoms with Crippen molar-refractivity contribution in [1.82, 2.24) is 14.8 Å². The standard InChI is InChI=1S/C26H26N4O2S/c1-26(2,3)22-13-11-21(12-14-22)24-27-28-25(29(24)17-19-7-5-4-6-8-19)33-18-20-9-15-23(16-10-20)30(31)32/h4-16H,17-18H2,1-3H3. The molecule has 0 bridgehead atoms. The topological polar surface area (TPSA) is 73.8 Å². The molecule has 3 aromatic carbocycles. The van der Waals surface area contributed by atoms with Crippen LogP contribution < -0.4 is 0 Å². The van der Waals surface area contributed by atoms with Crippen molar-refractivity contribution in [2.24, 2.45) is 0 Å². The summed E-state index contributed by atoms with van der Waals surface area (Å²) < 4.78 is 2.14. The SMILES string of the molecule is CC(C)(C)c1ccc(-c2nnc(SCc3ccc([N+](=O)[O-])cc3)n2Cc2ccccc2)cc1. The molecule has 33 heavy (non-hydrogen) atoms. The van der Waals surface area contributed by atoms with Crippen LogP contribution in [0.1, 0.15) is 37.5 Å². The Morgan fingerprint density at radius 2 is 1.55 bits per heavy atom. The third-order valence-corrected chi connectivity index (χ3v) is 6.46. The first-order valence-electron chi connectivity index (χ1n) is 10.8. The minimum absolute atomic E-state index is 0.0853. The van der Waals surface area contributed by atoms with Crippen LogP contribution in [0.5, 0.6) is 0 Å². The molecule has 0 amide bonds. The Kier molecular flexibility index (Phi) is 6.60. The lowest BCUT2D eigenvalue weighted by atomic mass is 9.87. The summed E-state index contributed by atoms with van der Waals surface area (Å²) in [6.07, 6.45) is 0. The van der Waals surface area contributed by atoms with E-state index in [1.807, 2.05) is 18.2 Å². The van der Waals surface area contributed by atoms with E-state index in [1.165, 1.54) is 23.3 Å². The number of hydrogen-bond donors (Lipinski definition) is 0. The Morgan fingerprint density at radius 1 is 0.879 bits per heavy atom. The number of non-ortho nitro benzene ring substituents is 1. The van der Waals surface area contributed by atoms with Gasteiger partial charge in [-0.3, -0.25) is 14.7 Å². The number of aromatic nitrogens is 3. The van der Waals surface area contributed by atoms with Gasteiger partial charge in [0.05, 0.1) is 11.5 Å². The number of nitrogens with zero attached hydrogens (tertiary/aromatic N) is 4. The van der Waals surface area contributed by atoms with Crippen LogP contribution in [-0.2, 0) is 17.7 Å². The van der Waals surface area contributed by atoms with E-state index in [9.17, 15) is 10.1 Å². The third kappa shape index (κ3) is 5.49. The molecule has 0 saturated carbocycles. The van der Waals surface area contributed by atoms with Gasteiger partial charge >= 0.3 is 0 Å². The molecule has 0 saturated heterocycles. The number of benzene rings is 3. The zero-order valence-electron chi connectivity index (χ0n) is 18.9. The molecule has 0 aliphatic rings. The zero-order valence-corrected chi connectivity index (χ0v) is 19.7. The maximum absolute atomic E-state index is 10.9. The Bertz CT molecular complexity index is 1230. The van der Waals surface area contributed by atoms with Gasteiger partial charge in [0.25, 0.3) is 5.69 Å². The van der Waals surface area contributed by atoms with Crippen LogP contribution in [0.15, 0.2) is 84.0 Å². The monoisotopic (exact) mass is 458 g/mol. The lowest BCUT2D eigenvalue weighted by molar-refractivity contribution is -0.384. The molecular formula is C26H26N4O2S. The van der Waals surface area contributed by atoms with Gasteiger partial charge in [-0.2, -0.15) is 0 Å². The molecule has 0 spiro atoms. The van der Waals surface area contributed by atoms with E-state index in [-0.39, 0.29) is 16.0 Å². The van der Waals surface area contributed by atoms with Gasteiger partial charge in [0, 0.05) is 23.4 Å². The van der Waals surface area contributed by atoms with Crippen LogP contribution in [-0.4, -0.2) is 19.7 Å². The largest absolute Gasteiger partial charge is 0.298 e. The summed E-state index contributed by atoms with van der Waals surface area (Å²) in [4.78, 5) is 10.5. The van der Waals surface area contributed by atoms with E-state index in [0.717, 1.165) is 22.1 Å². The van der Waals surface area contributed by atoms with Crippen molar-refractivity contribution in [3.05, 3.63) is 106 Å². The number of hydrogen-bond acceptors (Lipinski definition) is 5. The second kappa shape index (κ2) is 9.58. The number of thioether (sulfide) groups is 1. The van der Waals surface area contributed by atoms with Crippen LogP contribution in [0.25, 0.3) is 11.4 Å².